The van der Waals surface area contributed by atoms with Gasteiger partial charge in [0.1, 0.15) is 12.4 Å². The highest BCUT2D eigenvalue weighted by Gasteiger charge is 2.29. The second kappa shape index (κ2) is 6.66. The lowest BCUT2D eigenvalue weighted by molar-refractivity contribution is -0.142. The van der Waals surface area contributed by atoms with Crippen LogP contribution >= 0.6 is 0 Å². The second-order valence-electron chi connectivity index (χ2n) is 5.66. The molecule has 0 spiro atoms. The number of hydrogen-bond donors (Lipinski definition) is 2. The van der Waals surface area contributed by atoms with Crippen LogP contribution < -0.4 is 5.32 Å². The van der Waals surface area contributed by atoms with Gasteiger partial charge in [-0.15, -0.1) is 0 Å². The van der Waals surface area contributed by atoms with Gasteiger partial charge in [-0.2, -0.15) is 0 Å². The molecule has 0 fully saturated rings. The first-order chi connectivity index (χ1) is 10.8. The second-order valence-corrected chi connectivity index (χ2v) is 5.66. The van der Waals surface area contributed by atoms with Crippen molar-refractivity contribution in [3.05, 3.63) is 53.5 Å². The van der Waals surface area contributed by atoms with Crippen molar-refractivity contribution >= 4 is 17.6 Å². The maximum absolute atomic E-state index is 12.1. The molecule has 122 valence electrons. The fraction of sp³-hybridized carbons (Fsp3) is 0.294. The Hall–Kier alpha value is -2.60. The van der Waals surface area contributed by atoms with E-state index in [4.69, 9.17) is 9.15 Å². The Labute approximate surface area is 134 Å². The predicted molar refractivity (Wildman–Crippen MR) is 84.5 cm³/mol. The van der Waals surface area contributed by atoms with Crippen molar-refractivity contribution in [1.82, 2.24) is 0 Å². The molecular formula is C17H19NO5. The molecule has 1 aromatic carbocycles. The van der Waals surface area contributed by atoms with Gasteiger partial charge >= 0.3 is 5.97 Å². The first kappa shape index (κ1) is 16.8. The quantitative estimate of drug-likeness (QED) is 0.855. The van der Waals surface area contributed by atoms with E-state index in [0.717, 1.165) is 0 Å². The van der Waals surface area contributed by atoms with Crippen LogP contribution in [0.15, 0.2) is 40.8 Å². The van der Waals surface area contributed by atoms with E-state index in [1.807, 2.05) is 0 Å². The molecule has 23 heavy (non-hydrogen) atoms. The number of furan rings is 1. The standard InChI is InChI=1S/C17H19NO5/c1-17(2,16(20)21)11-4-6-12(7-5-11)18-15(19)14-9-8-13(23-14)10-22-3/h4-9H,10H2,1-3H3,(H,18,19)(H,20,21). The Balaban J connectivity index is 2.08. The highest BCUT2D eigenvalue weighted by Crippen LogP contribution is 2.25. The number of carbonyl (C=O) groups excluding carboxylic acids is 1. The van der Waals surface area contributed by atoms with Gasteiger partial charge in [0, 0.05) is 12.8 Å². The third-order valence-electron chi connectivity index (χ3n) is 3.57. The van der Waals surface area contributed by atoms with E-state index in [2.05, 4.69) is 5.32 Å². The van der Waals surface area contributed by atoms with Crippen LogP contribution in [-0.2, 0) is 21.6 Å². The van der Waals surface area contributed by atoms with Crippen molar-refractivity contribution in [2.45, 2.75) is 25.9 Å². The molecule has 0 aliphatic carbocycles. The molecule has 2 aromatic rings. The molecule has 0 aliphatic rings. The van der Waals surface area contributed by atoms with E-state index in [1.165, 1.54) is 0 Å². The van der Waals surface area contributed by atoms with E-state index in [0.29, 0.717) is 23.6 Å². The Morgan fingerprint density at radius 1 is 1.17 bits per heavy atom. The predicted octanol–water partition coefficient (Wildman–Crippen LogP) is 3.04. The molecule has 2 N–H and O–H groups in total. The number of benzene rings is 1. The van der Waals surface area contributed by atoms with Crippen LogP contribution in [0.5, 0.6) is 0 Å². The summed E-state index contributed by atoms with van der Waals surface area (Å²) in [5.41, 5.74) is 0.228. The summed E-state index contributed by atoms with van der Waals surface area (Å²) in [6.07, 6.45) is 0. The number of anilines is 1. The fourth-order valence-corrected chi connectivity index (χ4v) is 2.01. The summed E-state index contributed by atoms with van der Waals surface area (Å²) in [6, 6.07) is 9.95. The summed E-state index contributed by atoms with van der Waals surface area (Å²) in [6.45, 7) is 3.55. The van der Waals surface area contributed by atoms with Gasteiger partial charge in [-0.3, -0.25) is 9.59 Å². The SMILES string of the molecule is COCc1ccc(C(=O)Nc2ccc(C(C)(C)C(=O)O)cc2)o1. The molecule has 0 atom stereocenters. The summed E-state index contributed by atoms with van der Waals surface area (Å²) in [5, 5.41) is 11.9. The zero-order valence-corrected chi connectivity index (χ0v) is 13.3. The van der Waals surface area contributed by atoms with E-state index in [9.17, 15) is 14.7 Å². The first-order valence-electron chi connectivity index (χ1n) is 7.07. The molecule has 0 aliphatic heterocycles. The summed E-state index contributed by atoms with van der Waals surface area (Å²) in [5.74, 6) is -0.531. The van der Waals surface area contributed by atoms with Crippen LogP contribution in [0.3, 0.4) is 0 Å². The lowest BCUT2D eigenvalue weighted by atomic mass is 9.85. The average molecular weight is 317 g/mol. The smallest absolute Gasteiger partial charge is 0.313 e. The van der Waals surface area contributed by atoms with Crippen molar-refractivity contribution in [3.8, 4) is 0 Å². The maximum Gasteiger partial charge on any atom is 0.313 e. The van der Waals surface area contributed by atoms with Crippen molar-refractivity contribution < 1.29 is 23.8 Å². The number of carboxylic acid groups (broad SMARTS) is 1. The van der Waals surface area contributed by atoms with E-state index in [1.54, 1.807) is 57.4 Å². The number of rotatable bonds is 6. The fourth-order valence-electron chi connectivity index (χ4n) is 2.01. The minimum absolute atomic E-state index is 0.187. The molecule has 1 amide bonds. The van der Waals surface area contributed by atoms with Gasteiger partial charge in [0.05, 0.1) is 5.41 Å². The molecule has 0 unspecified atom stereocenters. The molecular weight excluding hydrogens is 298 g/mol. The Morgan fingerprint density at radius 2 is 1.83 bits per heavy atom. The number of nitrogens with one attached hydrogen (secondary N) is 1. The number of hydrogen-bond acceptors (Lipinski definition) is 4. The Bertz CT molecular complexity index is 700. The van der Waals surface area contributed by atoms with E-state index < -0.39 is 11.4 Å². The summed E-state index contributed by atoms with van der Waals surface area (Å²) in [7, 11) is 1.54. The highest BCUT2D eigenvalue weighted by atomic mass is 16.5. The minimum atomic E-state index is -0.987. The van der Waals surface area contributed by atoms with Crippen LogP contribution in [0, 0.1) is 0 Å². The van der Waals surface area contributed by atoms with Gasteiger partial charge in [-0.25, -0.2) is 0 Å². The zero-order chi connectivity index (χ0) is 17.0. The molecule has 0 bridgehead atoms. The summed E-state index contributed by atoms with van der Waals surface area (Å²) < 4.78 is 10.3. The molecule has 1 heterocycles. The molecule has 0 saturated carbocycles. The number of methoxy groups -OCH3 is 1. The van der Waals surface area contributed by atoms with Gasteiger partial charge in [-0.05, 0) is 43.7 Å². The topological polar surface area (TPSA) is 88.8 Å². The summed E-state index contributed by atoms with van der Waals surface area (Å²) in [4.78, 5) is 23.3. The van der Waals surface area contributed by atoms with Crippen LogP contribution in [0.2, 0.25) is 0 Å². The van der Waals surface area contributed by atoms with Crippen molar-refractivity contribution in [1.29, 1.82) is 0 Å². The van der Waals surface area contributed by atoms with Crippen LogP contribution in [0.1, 0.15) is 35.7 Å². The molecule has 2 rings (SSSR count). The zero-order valence-electron chi connectivity index (χ0n) is 13.3. The molecule has 6 heteroatoms. The largest absolute Gasteiger partial charge is 0.481 e. The number of carboxylic acids is 1. The average Bonchev–Trinajstić information content (AvgIpc) is 2.97. The first-order valence-corrected chi connectivity index (χ1v) is 7.07. The van der Waals surface area contributed by atoms with Gasteiger partial charge in [0.25, 0.3) is 5.91 Å². The van der Waals surface area contributed by atoms with Crippen molar-refractivity contribution in [3.63, 3.8) is 0 Å². The van der Waals surface area contributed by atoms with Gasteiger partial charge < -0.3 is 19.6 Å². The third-order valence-corrected chi connectivity index (χ3v) is 3.57. The Morgan fingerprint density at radius 3 is 2.39 bits per heavy atom. The van der Waals surface area contributed by atoms with Gasteiger partial charge in [0.15, 0.2) is 5.76 Å². The molecule has 0 radical (unpaired) electrons. The molecule has 6 nitrogen and oxygen atoms in total. The van der Waals surface area contributed by atoms with Crippen LogP contribution in [0.4, 0.5) is 5.69 Å². The number of aliphatic carboxylic acids is 1. The van der Waals surface area contributed by atoms with Crippen LogP contribution in [-0.4, -0.2) is 24.1 Å². The number of amides is 1. The monoisotopic (exact) mass is 317 g/mol. The van der Waals surface area contributed by atoms with Crippen molar-refractivity contribution in [2.24, 2.45) is 0 Å². The summed E-state index contributed by atoms with van der Waals surface area (Å²) >= 11 is 0. The lowest BCUT2D eigenvalue weighted by Crippen LogP contribution is -2.28. The van der Waals surface area contributed by atoms with Gasteiger partial charge in [-0.1, -0.05) is 12.1 Å². The van der Waals surface area contributed by atoms with Crippen LogP contribution in [0.25, 0.3) is 0 Å². The van der Waals surface area contributed by atoms with E-state index in [-0.39, 0.29) is 11.7 Å². The number of ether oxygens (including phenoxy) is 1. The van der Waals surface area contributed by atoms with Gasteiger partial charge in [0.2, 0.25) is 0 Å². The maximum atomic E-state index is 12.1. The van der Waals surface area contributed by atoms with Crippen molar-refractivity contribution in [2.75, 3.05) is 12.4 Å². The molecule has 0 saturated heterocycles. The van der Waals surface area contributed by atoms with E-state index >= 15 is 0 Å². The normalized spacial score (nSPS) is 11.3. The minimum Gasteiger partial charge on any atom is -0.481 e. The third kappa shape index (κ3) is 3.78. The Kier molecular flexibility index (Phi) is 4.86. The number of carbonyl (C=O) groups is 2. The lowest BCUT2D eigenvalue weighted by Gasteiger charge is -2.19. The molecule has 1 aromatic heterocycles. The highest BCUT2D eigenvalue weighted by molar-refractivity contribution is 6.02.